The van der Waals surface area contributed by atoms with Crippen LogP contribution in [0.4, 0.5) is 0 Å². The minimum absolute atomic E-state index is 0.0232. The molecule has 0 amide bonds. The van der Waals surface area contributed by atoms with Crippen LogP contribution in [0.15, 0.2) is 35.9 Å². The average Bonchev–Trinajstić information content (AvgIpc) is 3.10. The summed E-state index contributed by atoms with van der Waals surface area (Å²) in [6.07, 6.45) is 7.38. The number of nitrogens with zero attached hydrogens (tertiary/aromatic N) is 1. The molecule has 6 unspecified atom stereocenters. The van der Waals surface area contributed by atoms with E-state index in [0.29, 0.717) is 18.0 Å². The smallest absolute Gasteiger partial charge is 0.309 e. The van der Waals surface area contributed by atoms with Crippen molar-refractivity contribution in [2.24, 2.45) is 28.6 Å². The van der Waals surface area contributed by atoms with Crippen LogP contribution < -0.4 is 0 Å². The zero-order chi connectivity index (χ0) is 25.8. The van der Waals surface area contributed by atoms with E-state index in [1.54, 1.807) is 24.3 Å². The topological polar surface area (TPSA) is 103 Å². The maximum atomic E-state index is 12.5. The van der Waals surface area contributed by atoms with Crippen LogP contribution in [-0.4, -0.2) is 31.0 Å². The molecule has 6 nitrogen and oxygen atoms in total. The number of carbonyl (C=O) groups is 1. The summed E-state index contributed by atoms with van der Waals surface area (Å²) >= 11 is 0. The molecule has 6 atom stereocenters. The summed E-state index contributed by atoms with van der Waals surface area (Å²) in [5, 5.41) is 43.7. The molecule has 0 radical (unpaired) electrons. The summed E-state index contributed by atoms with van der Waals surface area (Å²) in [6, 6.07) is 6.60. The maximum Gasteiger partial charge on any atom is 0.309 e. The van der Waals surface area contributed by atoms with Crippen molar-refractivity contribution in [3.8, 4) is 23.2 Å². The molecule has 2 aromatic rings. The molecule has 36 heavy (non-hydrogen) atoms. The van der Waals surface area contributed by atoms with Crippen molar-refractivity contribution in [3.05, 3.63) is 47.0 Å². The summed E-state index contributed by atoms with van der Waals surface area (Å²) < 4.78 is 1.48. The van der Waals surface area contributed by atoms with Gasteiger partial charge in [-0.15, -0.1) is 0 Å². The molecule has 5 aliphatic carbocycles. The Morgan fingerprint density at radius 1 is 1.06 bits per heavy atom. The molecule has 1 heterocycles. The summed E-state index contributed by atoms with van der Waals surface area (Å²) in [5.74, 6) is 0.0144. The molecule has 2 bridgehead atoms. The number of aliphatic carboxylic acids is 1. The lowest BCUT2D eigenvalue weighted by Crippen LogP contribution is -2.61. The third-order valence-corrected chi connectivity index (χ3v) is 10.8. The molecular weight excluding hydrogens is 454 g/mol. The van der Waals surface area contributed by atoms with Gasteiger partial charge in [-0.2, -0.15) is 0 Å². The Hall–Kier alpha value is -2.89. The van der Waals surface area contributed by atoms with Crippen molar-refractivity contribution in [2.75, 3.05) is 0 Å². The van der Waals surface area contributed by atoms with E-state index in [1.165, 1.54) is 10.1 Å². The third-order valence-electron chi connectivity index (χ3n) is 10.8. The molecule has 192 valence electrons. The number of carboxylic acid groups (broad SMARTS) is 1. The number of hydrogen-bond donors (Lipinski definition) is 4. The second kappa shape index (κ2) is 7.33. The summed E-state index contributed by atoms with van der Waals surface area (Å²) in [7, 11) is 0. The van der Waals surface area contributed by atoms with Crippen LogP contribution >= 0.6 is 0 Å². The summed E-state index contributed by atoms with van der Waals surface area (Å²) in [5.41, 5.74) is 2.10. The van der Waals surface area contributed by atoms with Crippen LogP contribution in [0.25, 0.3) is 5.69 Å². The Labute approximate surface area is 212 Å². The van der Waals surface area contributed by atoms with E-state index >= 15 is 0 Å². The van der Waals surface area contributed by atoms with Gasteiger partial charge in [-0.25, -0.2) is 0 Å². The number of hydrogen-bond acceptors (Lipinski definition) is 4. The fraction of sp³-hybridized carbons (Fsp3) is 0.567. The second-order valence-corrected chi connectivity index (χ2v) is 12.6. The minimum Gasteiger partial charge on any atom is -0.508 e. The third kappa shape index (κ3) is 2.71. The summed E-state index contributed by atoms with van der Waals surface area (Å²) in [4.78, 5) is 12.5. The van der Waals surface area contributed by atoms with Crippen LogP contribution in [0.5, 0.6) is 17.5 Å². The van der Waals surface area contributed by atoms with E-state index < -0.39 is 16.8 Å². The number of benzene rings is 1. The molecule has 7 rings (SSSR count). The molecule has 4 N–H and O–H groups in total. The first kappa shape index (κ1) is 23.5. The Balaban J connectivity index is 1.59. The lowest BCUT2D eigenvalue weighted by molar-refractivity contribution is -0.171. The van der Waals surface area contributed by atoms with Gasteiger partial charge in [0.05, 0.1) is 11.1 Å². The number of carboxylic acids is 1. The molecule has 2 saturated carbocycles. The monoisotopic (exact) mass is 491 g/mol. The first-order chi connectivity index (χ1) is 17.0. The van der Waals surface area contributed by atoms with Crippen LogP contribution in [0.1, 0.15) is 83.3 Å². The highest BCUT2D eigenvalue weighted by molar-refractivity contribution is 5.75. The Morgan fingerprint density at radius 3 is 2.47 bits per heavy atom. The lowest BCUT2D eigenvalue weighted by atomic mass is 9.37. The SMILES string of the molecule is CC(C)C1=CC23CCC4C(C)(C(=O)O)CCCC4(C)C2CC1c1c3c(O)n(-c2cccc(O)c2)c1O. The van der Waals surface area contributed by atoms with Gasteiger partial charge >= 0.3 is 5.97 Å². The number of aromatic hydroxyl groups is 3. The predicted octanol–water partition coefficient (Wildman–Crippen LogP) is 6.22. The highest BCUT2D eigenvalue weighted by Crippen LogP contribution is 2.73. The molecule has 2 fully saturated rings. The molecule has 1 aromatic heterocycles. The van der Waals surface area contributed by atoms with E-state index in [-0.39, 0.29) is 40.7 Å². The van der Waals surface area contributed by atoms with Crippen molar-refractivity contribution in [1.82, 2.24) is 4.57 Å². The molecule has 1 aromatic carbocycles. The van der Waals surface area contributed by atoms with Gasteiger partial charge < -0.3 is 20.4 Å². The van der Waals surface area contributed by atoms with E-state index in [4.69, 9.17) is 0 Å². The van der Waals surface area contributed by atoms with Crippen molar-refractivity contribution in [1.29, 1.82) is 0 Å². The van der Waals surface area contributed by atoms with Gasteiger partial charge in [0.15, 0.2) is 0 Å². The Bertz CT molecular complexity index is 1310. The Morgan fingerprint density at radius 2 is 1.81 bits per heavy atom. The number of phenolic OH excluding ortho intramolecular Hbond substituents is 1. The summed E-state index contributed by atoms with van der Waals surface area (Å²) in [6.45, 7) is 8.63. The van der Waals surface area contributed by atoms with Crippen molar-refractivity contribution >= 4 is 5.97 Å². The molecule has 0 saturated heterocycles. The molecule has 0 aliphatic heterocycles. The van der Waals surface area contributed by atoms with Crippen LogP contribution in [-0.2, 0) is 10.2 Å². The van der Waals surface area contributed by atoms with Crippen LogP contribution in [0, 0.1) is 28.6 Å². The second-order valence-electron chi connectivity index (χ2n) is 12.6. The number of allylic oxidation sites excluding steroid dienone is 2. The van der Waals surface area contributed by atoms with Crippen molar-refractivity contribution in [3.63, 3.8) is 0 Å². The average molecular weight is 492 g/mol. The molecular formula is C30H37NO5. The van der Waals surface area contributed by atoms with Gasteiger partial charge in [0.1, 0.15) is 5.75 Å². The molecule has 1 spiro atoms. The quantitative estimate of drug-likeness (QED) is 0.382. The Kier molecular flexibility index (Phi) is 4.79. The van der Waals surface area contributed by atoms with Gasteiger partial charge in [-0.1, -0.05) is 44.9 Å². The molecule has 6 heteroatoms. The number of aromatic nitrogens is 1. The first-order valence-electron chi connectivity index (χ1n) is 13.4. The highest BCUT2D eigenvalue weighted by atomic mass is 16.4. The fourth-order valence-corrected chi connectivity index (χ4v) is 9.26. The van der Waals surface area contributed by atoms with Gasteiger partial charge in [-0.05, 0) is 74.3 Å². The number of fused-ring (bicyclic) bond motifs is 1. The first-order valence-corrected chi connectivity index (χ1v) is 13.4. The van der Waals surface area contributed by atoms with Gasteiger partial charge in [0.2, 0.25) is 11.8 Å². The normalized spacial score (nSPS) is 36.7. The van der Waals surface area contributed by atoms with E-state index in [1.807, 2.05) is 6.92 Å². The van der Waals surface area contributed by atoms with Gasteiger partial charge in [0, 0.05) is 28.5 Å². The van der Waals surface area contributed by atoms with Crippen LogP contribution in [0.2, 0.25) is 0 Å². The maximum absolute atomic E-state index is 12.5. The molecule has 5 aliphatic rings. The standard InChI is InChI=1S/C30H37NO5/c1-16(2)20-15-30-12-9-21-28(3,10-6-11-29(21,4)27(35)36)22(30)14-19(20)23-24(30)26(34)31(25(23)33)17-7-5-8-18(32)13-17/h5,7-8,13,15-16,19,21-22,32-34H,6,9-12,14H2,1-4H3,(H,35,36). The minimum atomic E-state index is -0.740. The van der Waals surface area contributed by atoms with E-state index in [0.717, 1.165) is 43.2 Å². The fourth-order valence-electron chi connectivity index (χ4n) is 9.26. The van der Waals surface area contributed by atoms with Crippen LogP contribution in [0.3, 0.4) is 0 Å². The number of rotatable bonds is 3. The zero-order valence-electron chi connectivity index (χ0n) is 21.6. The highest BCUT2D eigenvalue weighted by Gasteiger charge is 2.67. The van der Waals surface area contributed by atoms with Gasteiger partial charge in [-0.3, -0.25) is 9.36 Å². The predicted molar refractivity (Wildman–Crippen MR) is 137 cm³/mol. The van der Waals surface area contributed by atoms with Crippen molar-refractivity contribution < 1.29 is 25.2 Å². The van der Waals surface area contributed by atoms with Gasteiger partial charge in [0.25, 0.3) is 0 Å². The largest absolute Gasteiger partial charge is 0.508 e. The van der Waals surface area contributed by atoms with Crippen molar-refractivity contribution in [2.45, 2.75) is 77.6 Å². The van der Waals surface area contributed by atoms with E-state index in [9.17, 15) is 25.2 Å². The lowest BCUT2D eigenvalue weighted by Gasteiger charge is -2.66. The van der Waals surface area contributed by atoms with E-state index in [2.05, 4.69) is 26.8 Å². The zero-order valence-corrected chi connectivity index (χ0v) is 21.6. The number of phenols is 1.